The third-order valence-electron chi connectivity index (χ3n) is 1.60. The van der Waals surface area contributed by atoms with Gasteiger partial charge in [-0.3, -0.25) is 4.79 Å². The van der Waals surface area contributed by atoms with Gasteiger partial charge in [0.2, 0.25) is 0 Å². The first-order valence-corrected chi connectivity index (χ1v) is 4.34. The lowest BCUT2D eigenvalue weighted by atomic mass is 10.2. The van der Waals surface area contributed by atoms with Crippen molar-refractivity contribution >= 4 is 5.97 Å². The van der Waals surface area contributed by atoms with E-state index >= 15 is 0 Å². The zero-order chi connectivity index (χ0) is 11.3. The molecule has 4 heteroatoms. The molecule has 0 aromatic heterocycles. The first-order chi connectivity index (χ1) is 7.08. The molecule has 0 unspecified atom stereocenters. The summed E-state index contributed by atoms with van der Waals surface area (Å²) >= 11 is 0. The van der Waals surface area contributed by atoms with Gasteiger partial charge in [-0.05, 0) is 17.7 Å². The monoisotopic (exact) mass is 207 g/mol. The first-order valence-electron chi connectivity index (χ1n) is 4.34. The van der Waals surface area contributed by atoms with Crippen LogP contribution in [-0.4, -0.2) is 5.97 Å². The first kappa shape index (κ1) is 11.1. The maximum atomic E-state index is 10.5. The molecule has 1 aromatic carbocycles. The molecular weight excluding hydrogens is 196 g/mol. The molecule has 1 aromatic rings. The van der Waals surface area contributed by atoms with Crippen molar-refractivity contribution in [1.82, 2.24) is 0 Å². The highest BCUT2D eigenvalue weighted by atomic mass is 16.6. The Morgan fingerprint density at radius 1 is 1.40 bits per heavy atom. The van der Waals surface area contributed by atoms with Crippen molar-refractivity contribution in [3.63, 3.8) is 0 Å². The van der Waals surface area contributed by atoms with E-state index in [-0.39, 0.29) is 12.6 Å². The summed E-state index contributed by atoms with van der Waals surface area (Å²) in [5.74, 6) is -0.521. The molecule has 0 saturated heterocycles. The average Bonchev–Trinajstić information content (AvgIpc) is 2.16. The van der Waals surface area contributed by atoms with Crippen LogP contribution in [0.3, 0.4) is 0 Å². The molecule has 0 spiro atoms. The molecule has 1 rings (SSSR count). The van der Waals surface area contributed by atoms with E-state index in [1.54, 1.807) is 24.3 Å². The molecule has 0 N–H and O–H groups in total. The van der Waals surface area contributed by atoms with Crippen LogP contribution in [0.2, 0.25) is 0 Å². The van der Waals surface area contributed by atoms with Crippen LogP contribution in [0.5, 0.6) is 5.75 Å². The number of rotatable bonds is 4. The lowest BCUT2D eigenvalue weighted by Gasteiger charge is -2.14. The maximum absolute atomic E-state index is 10.5. The second-order valence-corrected chi connectivity index (χ2v) is 2.90. The van der Waals surface area contributed by atoms with Crippen LogP contribution in [0.4, 0.5) is 0 Å². The molecule has 15 heavy (non-hydrogen) atoms. The van der Waals surface area contributed by atoms with Crippen LogP contribution in [0.15, 0.2) is 36.8 Å². The fourth-order valence-corrected chi connectivity index (χ4v) is 0.970. The van der Waals surface area contributed by atoms with Gasteiger partial charge in [0.15, 0.2) is 0 Å². The van der Waals surface area contributed by atoms with Gasteiger partial charge in [0.05, 0.1) is 0 Å². The molecule has 0 atom stereocenters. The summed E-state index contributed by atoms with van der Waals surface area (Å²) in [6.45, 7) is 4.65. The molecule has 0 aliphatic rings. The molecule has 4 nitrogen and oxygen atoms in total. The second-order valence-electron chi connectivity index (χ2n) is 2.90. The summed E-state index contributed by atoms with van der Waals surface area (Å²) in [6.07, 6.45) is 0. The zero-order valence-electron chi connectivity index (χ0n) is 8.36. The van der Waals surface area contributed by atoms with Crippen LogP contribution in [0.25, 0.3) is 0 Å². The van der Waals surface area contributed by atoms with E-state index in [1.807, 2.05) is 0 Å². The predicted octanol–water partition coefficient (Wildman–Crippen LogP) is 0.960. The van der Waals surface area contributed by atoms with Gasteiger partial charge in [0.25, 0.3) is 0 Å². The van der Waals surface area contributed by atoms with E-state index in [0.29, 0.717) is 5.75 Å². The maximum Gasteiger partial charge on any atom is 0.302 e. The van der Waals surface area contributed by atoms with Crippen molar-refractivity contribution in [3.05, 3.63) is 42.4 Å². The Labute approximate surface area is 87.7 Å². The van der Waals surface area contributed by atoms with Crippen molar-refractivity contribution in [2.24, 2.45) is 0 Å². The summed E-state index contributed by atoms with van der Waals surface area (Å²) in [5, 5.41) is 10.5. The van der Waals surface area contributed by atoms with Crippen LogP contribution >= 0.6 is 0 Å². The van der Waals surface area contributed by atoms with Crippen LogP contribution in [0.1, 0.15) is 12.5 Å². The number of hydrogen-bond donors (Lipinski definition) is 0. The summed E-state index contributed by atoms with van der Waals surface area (Å²) in [7, 11) is 0. The smallest absolute Gasteiger partial charge is 0.302 e. The van der Waals surface area contributed by atoms with Crippen LogP contribution in [-0.2, 0) is 16.1 Å². The minimum absolute atomic E-state index is 0.216. The molecule has 0 saturated carbocycles. The standard InChI is InChI=1S/C11H12O4/c1-8(12)14-7-10-3-5-11(6-4-10)15-9(2)13/h3-6,13H,2,7H2,1H3/p-1. The van der Waals surface area contributed by atoms with Gasteiger partial charge < -0.3 is 14.6 Å². The lowest BCUT2D eigenvalue weighted by molar-refractivity contribution is -0.341. The second kappa shape index (κ2) is 5.05. The van der Waals surface area contributed by atoms with Crippen molar-refractivity contribution in [1.29, 1.82) is 0 Å². The van der Waals surface area contributed by atoms with Gasteiger partial charge in [-0.25, -0.2) is 0 Å². The van der Waals surface area contributed by atoms with E-state index in [0.717, 1.165) is 5.56 Å². The Hall–Kier alpha value is -1.97. The van der Waals surface area contributed by atoms with Gasteiger partial charge in [0, 0.05) is 18.6 Å². The molecule has 80 valence electrons. The summed E-state index contributed by atoms with van der Waals surface area (Å²) in [6, 6.07) is 6.65. The molecule has 0 bridgehead atoms. The van der Waals surface area contributed by atoms with Crippen molar-refractivity contribution < 1.29 is 19.4 Å². The minimum Gasteiger partial charge on any atom is -0.580 e. The van der Waals surface area contributed by atoms with Gasteiger partial charge >= 0.3 is 5.97 Å². The van der Waals surface area contributed by atoms with E-state index in [4.69, 9.17) is 9.47 Å². The number of benzene rings is 1. The number of hydrogen-bond acceptors (Lipinski definition) is 4. The van der Waals surface area contributed by atoms with E-state index in [1.165, 1.54) is 6.92 Å². The van der Waals surface area contributed by atoms with Gasteiger partial charge in [-0.1, -0.05) is 18.7 Å². The molecule has 0 aliphatic carbocycles. The highest BCUT2D eigenvalue weighted by Gasteiger charge is 1.95. The van der Waals surface area contributed by atoms with Gasteiger partial charge in [-0.15, -0.1) is 0 Å². The van der Waals surface area contributed by atoms with E-state index in [9.17, 15) is 9.90 Å². The van der Waals surface area contributed by atoms with Crippen molar-refractivity contribution in [3.8, 4) is 5.75 Å². The summed E-state index contributed by atoms with van der Waals surface area (Å²) in [5.41, 5.74) is 0.828. The zero-order valence-corrected chi connectivity index (χ0v) is 8.36. The molecule has 0 aliphatic heterocycles. The SMILES string of the molecule is C=C([O-])Oc1ccc(COC(C)=O)cc1. The summed E-state index contributed by atoms with van der Waals surface area (Å²) < 4.78 is 9.53. The third kappa shape index (κ3) is 4.17. The Balaban J connectivity index is 2.56. The number of carbonyl (C=O) groups excluding carboxylic acids is 1. The molecule has 0 fully saturated rings. The van der Waals surface area contributed by atoms with E-state index in [2.05, 4.69) is 6.58 Å². The third-order valence-corrected chi connectivity index (χ3v) is 1.60. The quantitative estimate of drug-likeness (QED) is 0.545. The highest BCUT2D eigenvalue weighted by molar-refractivity contribution is 5.65. The molecule has 0 amide bonds. The van der Waals surface area contributed by atoms with Crippen LogP contribution < -0.4 is 9.84 Å². The Morgan fingerprint density at radius 3 is 2.47 bits per heavy atom. The summed E-state index contributed by atoms with van der Waals surface area (Å²) in [4.78, 5) is 10.5. The average molecular weight is 207 g/mol. The minimum atomic E-state index is -0.609. The van der Waals surface area contributed by atoms with Crippen LogP contribution in [0, 0.1) is 0 Å². The largest absolute Gasteiger partial charge is 0.580 e. The Kier molecular flexibility index (Phi) is 3.74. The van der Waals surface area contributed by atoms with E-state index < -0.39 is 5.95 Å². The van der Waals surface area contributed by atoms with Gasteiger partial charge in [0.1, 0.15) is 6.61 Å². The number of ether oxygens (including phenoxy) is 2. The van der Waals surface area contributed by atoms with Gasteiger partial charge in [-0.2, -0.15) is 0 Å². The van der Waals surface area contributed by atoms with Crippen molar-refractivity contribution in [2.75, 3.05) is 0 Å². The highest BCUT2D eigenvalue weighted by Crippen LogP contribution is 2.13. The lowest BCUT2D eigenvalue weighted by Crippen LogP contribution is -2.08. The fourth-order valence-electron chi connectivity index (χ4n) is 0.970. The molecule has 0 heterocycles. The Morgan fingerprint density at radius 2 is 2.00 bits per heavy atom. The fraction of sp³-hybridized carbons (Fsp3) is 0.182. The normalized spacial score (nSPS) is 9.40. The molecular formula is C11H11O4-. The molecule has 0 radical (unpaired) electrons. The predicted molar refractivity (Wildman–Crippen MR) is 51.7 cm³/mol. The van der Waals surface area contributed by atoms with Crippen molar-refractivity contribution in [2.45, 2.75) is 13.5 Å². The number of carbonyl (C=O) groups is 1. The topological polar surface area (TPSA) is 58.6 Å². The Bertz CT molecular complexity index is 353. The number of esters is 1.